The molecule has 0 bridgehead atoms. The summed E-state index contributed by atoms with van der Waals surface area (Å²) in [4.78, 5) is 0. The van der Waals surface area contributed by atoms with Gasteiger partial charge in [-0.2, -0.15) is 0 Å². The monoisotopic (exact) mass is 286 g/mol. The van der Waals surface area contributed by atoms with Gasteiger partial charge in [0.2, 0.25) is 0 Å². The Morgan fingerprint density at radius 3 is 2.76 bits per heavy atom. The van der Waals surface area contributed by atoms with Crippen molar-refractivity contribution >= 4 is 0 Å². The predicted molar refractivity (Wildman–Crippen MR) is 84.8 cm³/mol. The number of hydrogen-bond donors (Lipinski definition) is 0. The Hall–Kier alpha value is -1.28. The first kappa shape index (κ1) is 14.6. The van der Waals surface area contributed by atoms with Crippen LogP contribution in [0, 0.1) is 11.8 Å². The quantitative estimate of drug-likeness (QED) is 0.676. The van der Waals surface area contributed by atoms with Crippen LogP contribution in [0.4, 0.5) is 0 Å². The Bertz CT molecular complexity index is 462. The molecular weight excluding hydrogens is 260 g/mol. The Labute approximate surface area is 128 Å². The van der Waals surface area contributed by atoms with Gasteiger partial charge >= 0.3 is 0 Å². The predicted octanol–water partition coefficient (Wildman–Crippen LogP) is 4.70. The van der Waals surface area contributed by atoms with E-state index in [1.54, 1.807) is 0 Å². The molecule has 1 aliphatic carbocycles. The van der Waals surface area contributed by atoms with Gasteiger partial charge in [0.15, 0.2) is 0 Å². The zero-order valence-corrected chi connectivity index (χ0v) is 13.0. The Morgan fingerprint density at radius 1 is 1.19 bits per heavy atom. The molecule has 0 radical (unpaired) electrons. The van der Waals surface area contributed by atoms with Crippen molar-refractivity contribution < 1.29 is 9.47 Å². The van der Waals surface area contributed by atoms with E-state index in [2.05, 4.69) is 31.2 Å². The number of ether oxygens (including phenoxy) is 2. The van der Waals surface area contributed by atoms with Crippen LogP contribution < -0.4 is 0 Å². The highest BCUT2D eigenvalue weighted by Gasteiger charge is 2.38. The zero-order valence-electron chi connectivity index (χ0n) is 13.0. The maximum Gasteiger partial charge on any atom is 0.101 e. The van der Waals surface area contributed by atoms with Crippen molar-refractivity contribution in [3.8, 4) is 0 Å². The minimum Gasteiger partial charge on any atom is -0.498 e. The third-order valence-corrected chi connectivity index (χ3v) is 4.60. The van der Waals surface area contributed by atoms with Gasteiger partial charge < -0.3 is 9.47 Å². The second kappa shape index (κ2) is 7.13. The maximum absolute atomic E-state index is 5.95. The molecule has 0 amide bonds. The first-order valence-electron chi connectivity index (χ1n) is 8.25. The van der Waals surface area contributed by atoms with E-state index in [0.717, 1.165) is 37.9 Å². The average molecular weight is 286 g/mol. The SMILES string of the molecule is CC1=CO[C@@H](CCCOCc2ccccc2)C(C2CC2)C1. The lowest BCUT2D eigenvalue weighted by molar-refractivity contribution is 0.0367. The van der Waals surface area contributed by atoms with Crippen LogP contribution in [0.2, 0.25) is 0 Å². The van der Waals surface area contributed by atoms with E-state index in [9.17, 15) is 0 Å². The molecule has 2 atom stereocenters. The highest BCUT2D eigenvalue weighted by molar-refractivity contribution is 5.13. The number of hydrogen-bond acceptors (Lipinski definition) is 2. The van der Waals surface area contributed by atoms with E-state index < -0.39 is 0 Å². The summed E-state index contributed by atoms with van der Waals surface area (Å²) in [5, 5.41) is 0. The van der Waals surface area contributed by atoms with Gasteiger partial charge in [-0.3, -0.25) is 0 Å². The van der Waals surface area contributed by atoms with E-state index >= 15 is 0 Å². The smallest absolute Gasteiger partial charge is 0.101 e. The fraction of sp³-hybridized carbons (Fsp3) is 0.579. The van der Waals surface area contributed by atoms with Crippen molar-refractivity contribution in [2.75, 3.05) is 6.61 Å². The van der Waals surface area contributed by atoms with Gasteiger partial charge in [-0.05, 0) is 56.1 Å². The molecule has 1 heterocycles. The third-order valence-electron chi connectivity index (χ3n) is 4.60. The molecule has 1 aliphatic heterocycles. The Balaban J connectivity index is 1.36. The van der Waals surface area contributed by atoms with Crippen molar-refractivity contribution in [2.24, 2.45) is 11.8 Å². The molecule has 114 valence electrons. The first-order chi connectivity index (χ1) is 10.3. The van der Waals surface area contributed by atoms with E-state index in [1.807, 2.05) is 12.3 Å². The topological polar surface area (TPSA) is 18.5 Å². The van der Waals surface area contributed by atoms with Crippen LogP contribution in [0.15, 0.2) is 42.2 Å². The van der Waals surface area contributed by atoms with E-state index in [4.69, 9.17) is 9.47 Å². The van der Waals surface area contributed by atoms with Crippen LogP contribution in [0.3, 0.4) is 0 Å². The largest absolute Gasteiger partial charge is 0.498 e. The lowest BCUT2D eigenvalue weighted by Crippen LogP contribution is -2.28. The van der Waals surface area contributed by atoms with Crippen molar-refractivity contribution in [3.63, 3.8) is 0 Å². The molecule has 1 unspecified atom stereocenters. The summed E-state index contributed by atoms with van der Waals surface area (Å²) < 4.78 is 11.7. The summed E-state index contributed by atoms with van der Waals surface area (Å²) in [7, 11) is 0. The molecule has 1 aromatic carbocycles. The Morgan fingerprint density at radius 2 is 2.00 bits per heavy atom. The van der Waals surface area contributed by atoms with Gasteiger partial charge in [0, 0.05) is 12.5 Å². The van der Waals surface area contributed by atoms with Crippen LogP contribution in [-0.2, 0) is 16.1 Å². The molecule has 21 heavy (non-hydrogen) atoms. The van der Waals surface area contributed by atoms with Gasteiger partial charge in [-0.1, -0.05) is 30.3 Å². The lowest BCUT2D eigenvalue weighted by atomic mass is 9.86. The van der Waals surface area contributed by atoms with Crippen LogP contribution >= 0.6 is 0 Å². The second-order valence-electron chi connectivity index (χ2n) is 6.52. The lowest BCUT2D eigenvalue weighted by Gasteiger charge is -2.31. The molecular formula is C19H26O2. The minimum absolute atomic E-state index is 0.418. The summed E-state index contributed by atoms with van der Waals surface area (Å²) in [6.45, 7) is 3.74. The van der Waals surface area contributed by atoms with Crippen LogP contribution in [0.5, 0.6) is 0 Å². The maximum atomic E-state index is 5.95. The summed E-state index contributed by atoms with van der Waals surface area (Å²) in [5.74, 6) is 1.67. The molecule has 2 aliphatic rings. The van der Waals surface area contributed by atoms with Crippen LogP contribution in [-0.4, -0.2) is 12.7 Å². The molecule has 2 nitrogen and oxygen atoms in total. The van der Waals surface area contributed by atoms with E-state index in [1.165, 1.54) is 30.4 Å². The molecule has 2 heteroatoms. The molecule has 0 saturated heterocycles. The molecule has 1 saturated carbocycles. The zero-order chi connectivity index (χ0) is 14.5. The number of allylic oxidation sites excluding steroid dienone is 1. The van der Waals surface area contributed by atoms with Gasteiger partial charge in [-0.15, -0.1) is 0 Å². The van der Waals surface area contributed by atoms with E-state index in [0.29, 0.717) is 6.10 Å². The third kappa shape index (κ3) is 4.34. The van der Waals surface area contributed by atoms with Crippen molar-refractivity contribution in [1.29, 1.82) is 0 Å². The number of rotatable bonds is 7. The summed E-state index contributed by atoms with van der Waals surface area (Å²) in [6, 6.07) is 10.4. The van der Waals surface area contributed by atoms with Gasteiger partial charge in [0.25, 0.3) is 0 Å². The average Bonchev–Trinajstić information content (AvgIpc) is 3.34. The summed E-state index contributed by atoms with van der Waals surface area (Å²) in [6.07, 6.45) is 8.66. The molecule has 1 fully saturated rings. The fourth-order valence-electron chi connectivity index (χ4n) is 3.28. The standard InChI is InChI=1S/C19H26O2/c1-15-12-18(17-9-10-17)19(21-13-15)8-5-11-20-14-16-6-3-2-4-7-16/h2-4,6-7,13,17-19H,5,8-12,14H2,1H3/t18?,19-/m0/s1. The van der Waals surface area contributed by atoms with E-state index in [-0.39, 0.29) is 0 Å². The van der Waals surface area contributed by atoms with Crippen molar-refractivity contribution in [3.05, 3.63) is 47.7 Å². The molecule has 1 aromatic rings. The molecule has 0 aromatic heterocycles. The van der Waals surface area contributed by atoms with Gasteiger partial charge in [0.1, 0.15) is 6.10 Å². The molecule has 3 rings (SSSR count). The number of benzene rings is 1. The van der Waals surface area contributed by atoms with Crippen molar-refractivity contribution in [1.82, 2.24) is 0 Å². The second-order valence-corrected chi connectivity index (χ2v) is 6.52. The highest BCUT2D eigenvalue weighted by Crippen LogP contribution is 2.44. The molecule has 0 N–H and O–H groups in total. The Kier molecular flexibility index (Phi) is 4.97. The van der Waals surface area contributed by atoms with Crippen LogP contribution in [0.1, 0.15) is 44.6 Å². The summed E-state index contributed by atoms with van der Waals surface area (Å²) in [5.41, 5.74) is 2.66. The first-order valence-corrected chi connectivity index (χ1v) is 8.25. The van der Waals surface area contributed by atoms with Crippen LogP contribution in [0.25, 0.3) is 0 Å². The molecule has 0 spiro atoms. The normalized spacial score (nSPS) is 25.3. The minimum atomic E-state index is 0.418. The van der Waals surface area contributed by atoms with Gasteiger partial charge in [0.05, 0.1) is 12.9 Å². The van der Waals surface area contributed by atoms with Gasteiger partial charge in [-0.25, -0.2) is 0 Å². The van der Waals surface area contributed by atoms with Crippen molar-refractivity contribution in [2.45, 2.75) is 51.7 Å². The fourth-order valence-corrected chi connectivity index (χ4v) is 3.28. The summed E-state index contributed by atoms with van der Waals surface area (Å²) >= 11 is 0. The highest BCUT2D eigenvalue weighted by atomic mass is 16.5.